The summed E-state index contributed by atoms with van der Waals surface area (Å²) in [5.74, 6) is 0.790. The van der Waals surface area contributed by atoms with E-state index in [1.807, 2.05) is 42.5 Å². The maximum Gasteiger partial charge on any atom is 0.147 e. The van der Waals surface area contributed by atoms with E-state index in [4.69, 9.17) is 4.74 Å². The van der Waals surface area contributed by atoms with E-state index < -0.39 is 0 Å². The number of rotatable bonds is 5. The predicted molar refractivity (Wildman–Crippen MR) is 81.1 cm³/mol. The lowest BCUT2D eigenvalue weighted by Crippen LogP contribution is -2.20. The Kier molecular flexibility index (Phi) is 3.74. The van der Waals surface area contributed by atoms with Gasteiger partial charge in [-0.2, -0.15) is 0 Å². The van der Waals surface area contributed by atoms with Gasteiger partial charge in [0.25, 0.3) is 0 Å². The fourth-order valence-electron chi connectivity index (χ4n) is 2.14. The van der Waals surface area contributed by atoms with Crippen LogP contribution >= 0.6 is 0 Å². The molecule has 0 unspecified atom stereocenters. The summed E-state index contributed by atoms with van der Waals surface area (Å²) in [7, 11) is 0. The SMILES string of the molecule is CCNCCOc1cccc2nc3ccccc3nc12. The molecule has 3 aromatic rings. The minimum absolute atomic E-state index is 0.626. The number of aromatic nitrogens is 2. The first-order valence-corrected chi connectivity index (χ1v) is 6.87. The Morgan fingerprint density at radius 2 is 1.70 bits per heavy atom. The molecule has 20 heavy (non-hydrogen) atoms. The van der Waals surface area contributed by atoms with Crippen LogP contribution in [-0.2, 0) is 0 Å². The third-order valence-corrected chi connectivity index (χ3v) is 3.12. The first-order valence-electron chi connectivity index (χ1n) is 6.87. The molecule has 102 valence electrons. The highest BCUT2D eigenvalue weighted by Gasteiger charge is 2.06. The predicted octanol–water partition coefficient (Wildman–Crippen LogP) is 2.77. The van der Waals surface area contributed by atoms with Crippen molar-refractivity contribution in [1.82, 2.24) is 15.3 Å². The van der Waals surface area contributed by atoms with Crippen molar-refractivity contribution in [3.63, 3.8) is 0 Å². The Bertz CT molecular complexity index is 727. The van der Waals surface area contributed by atoms with Crippen LogP contribution < -0.4 is 10.1 Å². The molecule has 4 heteroatoms. The number of nitrogens with one attached hydrogen (secondary N) is 1. The number of ether oxygens (including phenoxy) is 1. The number of likely N-dealkylation sites (N-methyl/N-ethyl adjacent to an activating group) is 1. The van der Waals surface area contributed by atoms with Crippen LogP contribution in [0.4, 0.5) is 0 Å². The zero-order valence-electron chi connectivity index (χ0n) is 11.5. The molecule has 0 aliphatic rings. The number of fused-ring (bicyclic) bond motifs is 2. The van der Waals surface area contributed by atoms with Crippen LogP contribution in [0.15, 0.2) is 42.5 Å². The summed E-state index contributed by atoms with van der Waals surface area (Å²) in [6.07, 6.45) is 0. The minimum atomic E-state index is 0.626. The first kappa shape index (κ1) is 12.8. The maximum atomic E-state index is 5.81. The lowest BCUT2D eigenvalue weighted by molar-refractivity contribution is 0.318. The Labute approximate surface area is 117 Å². The van der Waals surface area contributed by atoms with Gasteiger partial charge in [0, 0.05) is 6.54 Å². The number of para-hydroxylation sites is 3. The van der Waals surface area contributed by atoms with Crippen molar-refractivity contribution in [3.05, 3.63) is 42.5 Å². The second kappa shape index (κ2) is 5.84. The van der Waals surface area contributed by atoms with E-state index in [2.05, 4.69) is 22.2 Å². The van der Waals surface area contributed by atoms with Gasteiger partial charge in [0.2, 0.25) is 0 Å². The third kappa shape index (κ3) is 2.56. The fourth-order valence-corrected chi connectivity index (χ4v) is 2.14. The molecule has 0 atom stereocenters. The highest BCUT2D eigenvalue weighted by Crippen LogP contribution is 2.24. The number of nitrogens with zero attached hydrogens (tertiary/aromatic N) is 2. The van der Waals surface area contributed by atoms with Crippen molar-refractivity contribution in [2.75, 3.05) is 19.7 Å². The van der Waals surface area contributed by atoms with Gasteiger partial charge in [-0.3, -0.25) is 0 Å². The van der Waals surface area contributed by atoms with Gasteiger partial charge in [0.05, 0.1) is 16.6 Å². The quantitative estimate of drug-likeness (QED) is 0.570. The van der Waals surface area contributed by atoms with Crippen molar-refractivity contribution >= 4 is 22.1 Å². The van der Waals surface area contributed by atoms with Gasteiger partial charge in [0.15, 0.2) is 0 Å². The van der Waals surface area contributed by atoms with Gasteiger partial charge in [0.1, 0.15) is 17.9 Å². The lowest BCUT2D eigenvalue weighted by Gasteiger charge is -2.09. The zero-order valence-corrected chi connectivity index (χ0v) is 11.5. The molecule has 3 rings (SSSR count). The molecule has 0 bridgehead atoms. The van der Waals surface area contributed by atoms with Crippen LogP contribution in [0.25, 0.3) is 22.1 Å². The van der Waals surface area contributed by atoms with Gasteiger partial charge in [-0.25, -0.2) is 9.97 Å². The van der Waals surface area contributed by atoms with Gasteiger partial charge < -0.3 is 10.1 Å². The monoisotopic (exact) mass is 267 g/mol. The molecule has 1 heterocycles. The summed E-state index contributed by atoms with van der Waals surface area (Å²) >= 11 is 0. The van der Waals surface area contributed by atoms with Crippen LogP contribution in [0.5, 0.6) is 5.75 Å². The van der Waals surface area contributed by atoms with E-state index in [1.165, 1.54) is 0 Å². The molecule has 0 fully saturated rings. The molecule has 0 saturated heterocycles. The second-order valence-electron chi connectivity index (χ2n) is 4.54. The van der Waals surface area contributed by atoms with Crippen molar-refractivity contribution in [2.24, 2.45) is 0 Å². The molecular weight excluding hydrogens is 250 g/mol. The average molecular weight is 267 g/mol. The maximum absolute atomic E-state index is 5.81. The summed E-state index contributed by atoms with van der Waals surface area (Å²) in [5.41, 5.74) is 3.49. The van der Waals surface area contributed by atoms with Crippen molar-refractivity contribution < 1.29 is 4.74 Å². The van der Waals surface area contributed by atoms with Gasteiger partial charge >= 0.3 is 0 Å². The van der Waals surface area contributed by atoms with Crippen molar-refractivity contribution in [2.45, 2.75) is 6.92 Å². The van der Waals surface area contributed by atoms with Crippen LogP contribution in [0.3, 0.4) is 0 Å². The first-order chi connectivity index (χ1) is 9.88. The molecule has 0 aliphatic carbocycles. The number of hydrogen-bond donors (Lipinski definition) is 1. The Morgan fingerprint density at radius 3 is 2.50 bits per heavy atom. The topological polar surface area (TPSA) is 47.0 Å². The van der Waals surface area contributed by atoms with E-state index in [1.54, 1.807) is 0 Å². The second-order valence-corrected chi connectivity index (χ2v) is 4.54. The molecule has 0 saturated carbocycles. The van der Waals surface area contributed by atoms with Gasteiger partial charge in [-0.05, 0) is 30.8 Å². The molecule has 2 aromatic carbocycles. The van der Waals surface area contributed by atoms with Gasteiger partial charge in [-0.1, -0.05) is 25.1 Å². The summed E-state index contributed by atoms with van der Waals surface area (Å²) in [5, 5.41) is 3.24. The largest absolute Gasteiger partial charge is 0.490 e. The van der Waals surface area contributed by atoms with Crippen LogP contribution in [-0.4, -0.2) is 29.7 Å². The van der Waals surface area contributed by atoms with Crippen LogP contribution in [0.2, 0.25) is 0 Å². The zero-order chi connectivity index (χ0) is 13.8. The van der Waals surface area contributed by atoms with E-state index in [0.717, 1.165) is 40.9 Å². The van der Waals surface area contributed by atoms with E-state index in [0.29, 0.717) is 6.61 Å². The Balaban J connectivity index is 1.97. The summed E-state index contributed by atoms with van der Waals surface area (Å²) in [6.45, 7) is 4.48. The van der Waals surface area contributed by atoms with Crippen molar-refractivity contribution in [1.29, 1.82) is 0 Å². The Morgan fingerprint density at radius 1 is 0.950 bits per heavy atom. The normalized spacial score (nSPS) is 11.1. The van der Waals surface area contributed by atoms with Crippen molar-refractivity contribution in [3.8, 4) is 5.75 Å². The summed E-state index contributed by atoms with van der Waals surface area (Å²) < 4.78 is 5.81. The standard InChI is InChI=1S/C16H17N3O/c1-2-17-10-11-20-15-9-5-8-14-16(15)19-13-7-4-3-6-12(13)18-14/h3-9,17H,2,10-11H2,1H3. The fraction of sp³-hybridized carbons (Fsp3) is 0.250. The van der Waals surface area contributed by atoms with E-state index in [9.17, 15) is 0 Å². The minimum Gasteiger partial charge on any atom is -0.490 e. The smallest absolute Gasteiger partial charge is 0.147 e. The Hall–Kier alpha value is -2.20. The molecule has 0 aliphatic heterocycles. The van der Waals surface area contributed by atoms with E-state index in [-0.39, 0.29) is 0 Å². The molecule has 0 radical (unpaired) electrons. The van der Waals surface area contributed by atoms with Gasteiger partial charge in [-0.15, -0.1) is 0 Å². The number of hydrogen-bond acceptors (Lipinski definition) is 4. The summed E-state index contributed by atoms with van der Waals surface area (Å²) in [6, 6.07) is 13.7. The van der Waals surface area contributed by atoms with Crippen LogP contribution in [0, 0.1) is 0 Å². The van der Waals surface area contributed by atoms with E-state index >= 15 is 0 Å². The highest BCUT2D eigenvalue weighted by atomic mass is 16.5. The van der Waals surface area contributed by atoms with Crippen LogP contribution in [0.1, 0.15) is 6.92 Å². The lowest BCUT2D eigenvalue weighted by atomic mass is 10.2. The number of benzene rings is 2. The average Bonchev–Trinajstić information content (AvgIpc) is 2.50. The molecule has 0 amide bonds. The highest BCUT2D eigenvalue weighted by molar-refractivity contribution is 5.89. The molecule has 0 spiro atoms. The molecule has 4 nitrogen and oxygen atoms in total. The summed E-state index contributed by atoms with van der Waals surface area (Å²) in [4.78, 5) is 9.29. The molecular formula is C16H17N3O. The third-order valence-electron chi connectivity index (χ3n) is 3.12. The molecule has 1 aromatic heterocycles. The molecule has 1 N–H and O–H groups in total.